The summed E-state index contributed by atoms with van der Waals surface area (Å²) in [4.78, 5) is 28.4. The third kappa shape index (κ3) is 3.95. The lowest BCUT2D eigenvalue weighted by Crippen LogP contribution is -2.44. The summed E-state index contributed by atoms with van der Waals surface area (Å²) >= 11 is 1.51. The highest BCUT2D eigenvalue weighted by atomic mass is 32.1. The molecule has 0 radical (unpaired) electrons. The molecule has 0 aliphatic heterocycles. The van der Waals surface area contributed by atoms with Crippen molar-refractivity contribution in [3.8, 4) is 10.8 Å². The maximum absolute atomic E-state index is 13.0. The Kier molecular flexibility index (Phi) is 5.29. The van der Waals surface area contributed by atoms with Gasteiger partial charge in [-0.2, -0.15) is 0 Å². The first kappa shape index (κ1) is 17.6. The first-order valence-electron chi connectivity index (χ1n) is 9.77. The molecule has 5 nitrogen and oxygen atoms in total. The lowest BCUT2D eigenvalue weighted by molar-refractivity contribution is -0.134. The van der Waals surface area contributed by atoms with Gasteiger partial charge in [-0.15, -0.1) is 11.3 Å². The molecule has 0 aromatic carbocycles. The second kappa shape index (κ2) is 7.82. The van der Waals surface area contributed by atoms with Crippen molar-refractivity contribution >= 4 is 17.2 Å². The van der Waals surface area contributed by atoms with Crippen molar-refractivity contribution in [3.63, 3.8) is 0 Å². The molecule has 2 aliphatic rings. The summed E-state index contributed by atoms with van der Waals surface area (Å²) in [6.07, 6.45) is 12.3. The van der Waals surface area contributed by atoms with Gasteiger partial charge >= 0.3 is 0 Å². The van der Waals surface area contributed by atoms with Crippen LogP contribution in [0.15, 0.2) is 23.8 Å². The minimum absolute atomic E-state index is 0.248. The van der Waals surface area contributed by atoms with Crippen LogP contribution in [0.25, 0.3) is 10.8 Å². The third-order valence-electron chi connectivity index (χ3n) is 5.66. The quantitative estimate of drug-likeness (QED) is 0.768. The number of aromatic nitrogens is 3. The fourth-order valence-corrected chi connectivity index (χ4v) is 4.80. The van der Waals surface area contributed by atoms with E-state index in [0.717, 1.165) is 16.6 Å². The molecular formula is C20H26N4OS. The highest BCUT2D eigenvalue weighted by molar-refractivity contribution is 7.13. The Morgan fingerprint density at radius 2 is 1.77 bits per heavy atom. The number of carbonyl (C=O) groups is 1. The van der Waals surface area contributed by atoms with Crippen LogP contribution < -0.4 is 0 Å². The van der Waals surface area contributed by atoms with Crippen molar-refractivity contribution in [2.45, 2.75) is 70.4 Å². The van der Waals surface area contributed by atoms with Crippen molar-refractivity contribution in [2.75, 3.05) is 0 Å². The van der Waals surface area contributed by atoms with Crippen LogP contribution in [-0.4, -0.2) is 37.8 Å². The lowest BCUT2D eigenvalue weighted by Gasteiger charge is -2.37. The summed E-state index contributed by atoms with van der Waals surface area (Å²) in [6.45, 7) is 2.28. The van der Waals surface area contributed by atoms with E-state index in [-0.39, 0.29) is 5.91 Å². The molecular weight excluding hydrogens is 344 g/mol. The number of rotatable bonds is 6. The predicted molar refractivity (Wildman–Crippen MR) is 103 cm³/mol. The Labute approximate surface area is 158 Å². The van der Waals surface area contributed by atoms with E-state index in [2.05, 4.69) is 26.8 Å². The van der Waals surface area contributed by atoms with E-state index in [1.54, 1.807) is 18.5 Å². The van der Waals surface area contributed by atoms with Crippen molar-refractivity contribution in [1.29, 1.82) is 0 Å². The molecule has 0 unspecified atom stereocenters. The molecule has 0 saturated heterocycles. The molecule has 0 N–H and O–H groups in total. The highest BCUT2D eigenvalue weighted by Crippen LogP contribution is 2.36. The number of nitrogens with zero attached hydrogens (tertiary/aromatic N) is 4. The molecule has 2 aromatic rings. The van der Waals surface area contributed by atoms with E-state index in [0.29, 0.717) is 24.3 Å². The number of thiazole rings is 1. The third-order valence-corrected chi connectivity index (χ3v) is 6.54. The average Bonchev–Trinajstić information content (AvgIpc) is 3.40. The highest BCUT2D eigenvalue weighted by Gasteiger charge is 2.38. The Balaban J connectivity index is 1.42. The van der Waals surface area contributed by atoms with E-state index < -0.39 is 0 Å². The molecule has 2 fully saturated rings. The van der Waals surface area contributed by atoms with E-state index in [1.807, 2.05) is 5.38 Å². The summed E-state index contributed by atoms with van der Waals surface area (Å²) in [5.41, 5.74) is 0.843. The van der Waals surface area contributed by atoms with Crippen molar-refractivity contribution in [3.05, 3.63) is 29.5 Å². The van der Waals surface area contributed by atoms with Gasteiger partial charge in [0.1, 0.15) is 0 Å². The number of hydrogen-bond acceptors (Lipinski definition) is 5. The second-order valence-corrected chi connectivity index (χ2v) is 8.37. The lowest BCUT2D eigenvalue weighted by atomic mass is 9.83. The van der Waals surface area contributed by atoms with Crippen molar-refractivity contribution < 1.29 is 4.79 Å². The van der Waals surface area contributed by atoms with E-state index in [4.69, 9.17) is 0 Å². The number of hydrogen-bond donors (Lipinski definition) is 0. The van der Waals surface area contributed by atoms with Gasteiger partial charge in [-0.25, -0.2) is 15.0 Å². The number of amides is 1. The minimum atomic E-state index is 0.248. The predicted octanol–water partition coefficient (Wildman–Crippen LogP) is 4.10. The van der Waals surface area contributed by atoms with E-state index >= 15 is 0 Å². The molecule has 1 amide bonds. The van der Waals surface area contributed by atoms with E-state index in [9.17, 15) is 4.79 Å². The van der Waals surface area contributed by atoms with Crippen LogP contribution in [-0.2, 0) is 11.2 Å². The van der Waals surface area contributed by atoms with Gasteiger partial charge in [-0.3, -0.25) is 4.79 Å². The van der Waals surface area contributed by atoms with Crippen LogP contribution in [0.4, 0.5) is 0 Å². The Bertz CT molecular complexity index is 735. The maximum Gasteiger partial charge on any atom is 0.229 e. The normalized spacial score (nSPS) is 23.0. The fraction of sp³-hybridized carbons (Fsp3) is 0.600. The summed E-state index contributed by atoms with van der Waals surface area (Å²) in [5, 5.41) is 2.76. The van der Waals surface area contributed by atoms with Gasteiger partial charge in [-0.05, 0) is 50.5 Å². The van der Waals surface area contributed by atoms with E-state index in [1.165, 1.54) is 56.3 Å². The van der Waals surface area contributed by atoms with Crippen LogP contribution in [0.2, 0.25) is 0 Å². The molecule has 2 aliphatic carbocycles. The first-order valence-corrected chi connectivity index (χ1v) is 10.7. The van der Waals surface area contributed by atoms with Crippen LogP contribution in [0, 0.1) is 5.92 Å². The Morgan fingerprint density at radius 3 is 2.38 bits per heavy atom. The van der Waals surface area contributed by atoms with Crippen LogP contribution in [0.5, 0.6) is 0 Å². The number of carbonyl (C=O) groups excluding carboxylic acids is 1. The zero-order chi connectivity index (χ0) is 17.9. The first-order chi connectivity index (χ1) is 12.7. The minimum Gasteiger partial charge on any atom is -0.336 e. The maximum atomic E-state index is 13.0. The summed E-state index contributed by atoms with van der Waals surface area (Å²) in [6, 6.07) is 2.71. The summed E-state index contributed by atoms with van der Waals surface area (Å²) in [7, 11) is 0. The summed E-state index contributed by atoms with van der Waals surface area (Å²) in [5.74, 6) is 1.74. The standard InChI is InChI=1S/C20H26N4OS/c1-2-14-4-6-16(7-5-14)24(17-8-9-17)18(25)12-15-13-26-20(23-15)19-21-10-3-11-22-19/h3,10-11,13-14,16-17H,2,4-9,12H2,1H3. The molecule has 2 aromatic heterocycles. The second-order valence-electron chi connectivity index (χ2n) is 7.51. The Hall–Kier alpha value is -1.82. The smallest absolute Gasteiger partial charge is 0.229 e. The fourth-order valence-electron chi connectivity index (χ4n) is 4.04. The van der Waals surface area contributed by atoms with Gasteiger partial charge in [0.15, 0.2) is 10.8 Å². The largest absolute Gasteiger partial charge is 0.336 e. The van der Waals surface area contributed by atoms with Gasteiger partial charge in [0.2, 0.25) is 5.91 Å². The molecule has 6 heteroatoms. The molecule has 0 spiro atoms. The van der Waals surface area contributed by atoms with Gasteiger partial charge < -0.3 is 4.90 Å². The molecule has 4 rings (SSSR count). The monoisotopic (exact) mass is 370 g/mol. The molecule has 0 atom stereocenters. The zero-order valence-corrected chi connectivity index (χ0v) is 16.1. The van der Waals surface area contributed by atoms with Crippen molar-refractivity contribution in [1.82, 2.24) is 19.9 Å². The zero-order valence-electron chi connectivity index (χ0n) is 15.3. The van der Waals surface area contributed by atoms with Gasteiger partial charge in [0.05, 0.1) is 12.1 Å². The molecule has 2 saturated carbocycles. The summed E-state index contributed by atoms with van der Waals surface area (Å²) < 4.78 is 0. The molecule has 2 heterocycles. The Morgan fingerprint density at radius 1 is 1.12 bits per heavy atom. The van der Waals surface area contributed by atoms with Crippen molar-refractivity contribution in [2.24, 2.45) is 5.92 Å². The van der Waals surface area contributed by atoms with Crippen LogP contribution in [0.1, 0.15) is 57.6 Å². The van der Waals surface area contributed by atoms with Crippen LogP contribution >= 0.6 is 11.3 Å². The average molecular weight is 371 g/mol. The van der Waals surface area contributed by atoms with Gasteiger partial charge in [0.25, 0.3) is 0 Å². The van der Waals surface area contributed by atoms with Crippen LogP contribution in [0.3, 0.4) is 0 Å². The molecule has 26 heavy (non-hydrogen) atoms. The molecule has 138 valence electrons. The topological polar surface area (TPSA) is 59.0 Å². The van der Waals surface area contributed by atoms with Gasteiger partial charge in [-0.1, -0.05) is 13.3 Å². The SMILES string of the molecule is CCC1CCC(N(C(=O)Cc2csc(-c3ncccn3)n2)C2CC2)CC1. The van der Waals surface area contributed by atoms with Gasteiger partial charge in [0, 0.05) is 29.9 Å². The molecule has 0 bridgehead atoms.